The van der Waals surface area contributed by atoms with E-state index in [4.69, 9.17) is 16.9 Å². The van der Waals surface area contributed by atoms with Crippen LogP contribution < -0.4 is 5.32 Å². The van der Waals surface area contributed by atoms with Gasteiger partial charge in [0.15, 0.2) is 0 Å². The van der Waals surface area contributed by atoms with Gasteiger partial charge in [-0.15, -0.1) is 0 Å². The summed E-state index contributed by atoms with van der Waals surface area (Å²) in [6, 6.07) is 8.79. The number of rotatable bonds is 2. The van der Waals surface area contributed by atoms with Gasteiger partial charge in [0.25, 0.3) is 5.91 Å². The first-order valence-electron chi connectivity index (χ1n) is 5.47. The Balaban J connectivity index is 2.23. The van der Waals surface area contributed by atoms with Crippen LogP contribution in [0.15, 0.2) is 36.4 Å². The first-order chi connectivity index (χ1) is 9.51. The predicted molar refractivity (Wildman–Crippen MR) is 70.5 cm³/mol. The summed E-state index contributed by atoms with van der Waals surface area (Å²) in [5, 5.41) is 11.0. The topological polar surface area (TPSA) is 52.9 Å². The fourth-order valence-corrected chi connectivity index (χ4v) is 1.71. The minimum atomic E-state index is -0.671. The molecule has 0 fully saturated rings. The molecule has 20 heavy (non-hydrogen) atoms. The van der Waals surface area contributed by atoms with Crippen LogP contribution in [0.1, 0.15) is 15.9 Å². The third-order valence-corrected chi connectivity index (χ3v) is 2.82. The lowest BCUT2D eigenvalue weighted by molar-refractivity contribution is 0.102. The van der Waals surface area contributed by atoms with Crippen molar-refractivity contribution in [3.8, 4) is 6.07 Å². The van der Waals surface area contributed by atoms with E-state index in [-0.39, 0.29) is 21.8 Å². The minimum Gasteiger partial charge on any atom is -0.322 e. The molecule has 0 aliphatic rings. The Bertz CT molecular complexity index is 726. The van der Waals surface area contributed by atoms with E-state index in [1.54, 1.807) is 6.07 Å². The van der Waals surface area contributed by atoms with Crippen molar-refractivity contribution in [1.29, 1.82) is 5.26 Å². The number of halogens is 3. The molecule has 3 nitrogen and oxygen atoms in total. The highest BCUT2D eigenvalue weighted by Gasteiger charge is 2.10. The van der Waals surface area contributed by atoms with Gasteiger partial charge in [0.1, 0.15) is 17.7 Å². The molecule has 0 aliphatic heterocycles. The van der Waals surface area contributed by atoms with Gasteiger partial charge in [0.05, 0.1) is 10.6 Å². The average Bonchev–Trinajstić information content (AvgIpc) is 2.43. The molecule has 0 aromatic heterocycles. The lowest BCUT2D eigenvalue weighted by Crippen LogP contribution is -2.12. The Morgan fingerprint density at radius 2 is 1.85 bits per heavy atom. The maximum Gasteiger partial charge on any atom is 0.255 e. The van der Waals surface area contributed by atoms with Crippen molar-refractivity contribution in [2.45, 2.75) is 0 Å². The van der Waals surface area contributed by atoms with E-state index in [0.717, 1.165) is 12.1 Å². The molecule has 0 saturated carbocycles. The van der Waals surface area contributed by atoms with Gasteiger partial charge in [-0.3, -0.25) is 4.79 Å². The van der Waals surface area contributed by atoms with Gasteiger partial charge in [0.2, 0.25) is 0 Å². The summed E-state index contributed by atoms with van der Waals surface area (Å²) in [6.07, 6.45) is 0. The Morgan fingerprint density at radius 3 is 2.50 bits per heavy atom. The van der Waals surface area contributed by atoms with E-state index >= 15 is 0 Å². The smallest absolute Gasteiger partial charge is 0.255 e. The first-order valence-corrected chi connectivity index (χ1v) is 5.85. The number of amides is 1. The molecule has 0 aliphatic carbocycles. The molecule has 0 saturated heterocycles. The van der Waals surface area contributed by atoms with E-state index in [0.29, 0.717) is 0 Å². The van der Waals surface area contributed by atoms with Crippen molar-refractivity contribution in [3.05, 3.63) is 64.2 Å². The van der Waals surface area contributed by atoms with Crippen LogP contribution in [-0.2, 0) is 0 Å². The molecule has 1 N–H and O–H groups in total. The molecule has 0 heterocycles. The maximum atomic E-state index is 13.1. The third-order valence-electron chi connectivity index (χ3n) is 2.53. The van der Waals surface area contributed by atoms with Crippen molar-refractivity contribution in [1.82, 2.24) is 0 Å². The molecule has 100 valence electrons. The number of hydrogen-bond donors (Lipinski definition) is 1. The summed E-state index contributed by atoms with van der Waals surface area (Å²) >= 11 is 5.58. The number of carbonyl (C=O) groups excluding carboxylic acids is 1. The predicted octanol–water partition coefficient (Wildman–Crippen LogP) is 3.74. The molecular weight excluding hydrogens is 286 g/mol. The van der Waals surface area contributed by atoms with E-state index in [9.17, 15) is 13.6 Å². The highest BCUT2D eigenvalue weighted by Crippen LogP contribution is 2.18. The monoisotopic (exact) mass is 292 g/mol. The quantitative estimate of drug-likeness (QED) is 0.916. The lowest BCUT2D eigenvalue weighted by atomic mass is 10.1. The Labute approximate surface area is 118 Å². The van der Waals surface area contributed by atoms with Gasteiger partial charge in [-0.2, -0.15) is 5.26 Å². The van der Waals surface area contributed by atoms with Crippen LogP contribution in [0.4, 0.5) is 14.5 Å². The van der Waals surface area contributed by atoms with E-state index < -0.39 is 17.5 Å². The minimum absolute atomic E-state index is 0.152. The summed E-state index contributed by atoms with van der Waals surface area (Å²) in [6.45, 7) is 0. The number of nitrogens with one attached hydrogen (secondary N) is 1. The number of carbonyl (C=O) groups is 1. The highest BCUT2D eigenvalue weighted by atomic mass is 35.5. The fraction of sp³-hybridized carbons (Fsp3) is 0. The lowest BCUT2D eigenvalue weighted by Gasteiger charge is -2.06. The molecule has 0 unspecified atom stereocenters. The van der Waals surface area contributed by atoms with E-state index in [1.165, 1.54) is 24.3 Å². The molecule has 2 aromatic rings. The van der Waals surface area contributed by atoms with E-state index in [2.05, 4.69) is 5.32 Å². The summed E-state index contributed by atoms with van der Waals surface area (Å²) in [7, 11) is 0. The molecule has 6 heteroatoms. The average molecular weight is 293 g/mol. The molecule has 0 spiro atoms. The number of benzene rings is 2. The summed E-state index contributed by atoms with van der Waals surface area (Å²) in [5.74, 6) is -1.84. The van der Waals surface area contributed by atoms with Crippen LogP contribution in [0.3, 0.4) is 0 Å². The van der Waals surface area contributed by atoms with Crippen molar-refractivity contribution >= 4 is 23.2 Å². The van der Waals surface area contributed by atoms with Gasteiger partial charge in [-0.25, -0.2) is 8.78 Å². The second-order valence-electron chi connectivity index (χ2n) is 3.89. The number of nitriles is 1. The van der Waals surface area contributed by atoms with Gasteiger partial charge in [0, 0.05) is 11.3 Å². The molecular formula is C14H7ClF2N2O. The maximum absolute atomic E-state index is 13.1. The summed E-state index contributed by atoms with van der Waals surface area (Å²) in [4.78, 5) is 11.9. The summed E-state index contributed by atoms with van der Waals surface area (Å²) < 4.78 is 26.1. The molecule has 0 bridgehead atoms. The van der Waals surface area contributed by atoms with Gasteiger partial charge in [-0.1, -0.05) is 11.6 Å². The zero-order valence-electron chi connectivity index (χ0n) is 9.95. The number of anilines is 1. The van der Waals surface area contributed by atoms with Crippen molar-refractivity contribution < 1.29 is 13.6 Å². The van der Waals surface area contributed by atoms with Crippen molar-refractivity contribution in [3.63, 3.8) is 0 Å². The van der Waals surface area contributed by atoms with E-state index in [1.807, 2.05) is 0 Å². The number of hydrogen-bond acceptors (Lipinski definition) is 2. The van der Waals surface area contributed by atoms with Crippen molar-refractivity contribution in [2.24, 2.45) is 0 Å². The SMILES string of the molecule is N#Cc1cc(NC(=O)c2ccc(F)c(Cl)c2)ccc1F. The normalized spacial score (nSPS) is 9.90. The third kappa shape index (κ3) is 2.92. The van der Waals surface area contributed by atoms with Crippen LogP contribution in [0.2, 0.25) is 5.02 Å². The Hall–Kier alpha value is -2.45. The van der Waals surface area contributed by atoms with Crippen LogP contribution in [-0.4, -0.2) is 5.91 Å². The molecule has 1 amide bonds. The second kappa shape index (κ2) is 5.68. The van der Waals surface area contributed by atoms with Crippen LogP contribution >= 0.6 is 11.6 Å². The van der Waals surface area contributed by atoms with Crippen LogP contribution in [0, 0.1) is 23.0 Å². The standard InChI is InChI=1S/C14H7ClF2N2O/c15-11-6-8(1-3-13(11)17)14(20)19-10-2-4-12(16)9(5-10)7-18/h1-6H,(H,19,20). The van der Waals surface area contributed by atoms with Gasteiger partial charge in [-0.05, 0) is 36.4 Å². The number of nitrogens with zero attached hydrogens (tertiary/aromatic N) is 1. The van der Waals surface area contributed by atoms with Crippen LogP contribution in [0.5, 0.6) is 0 Å². The van der Waals surface area contributed by atoms with Gasteiger partial charge >= 0.3 is 0 Å². The fourth-order valence-electron chi connectivity index (χ4n) is 1.53. The first kappa shape index (κ1) is 14.0. The van der Waals surface area contributed by atoms with Gasteiger partial charge < -0.3 is 5.32 Å². The largest absolute Gasteiger partial charge is 0.322 e. The highest BCUT2D eigenvalue weighted by molar-refractivity contribution is 6.31. The van der Waals surface area contributed by atoms with Crippen molar-refractivity contribution in [2.75, 3.05) is 5.32 Å². The zero-order chi connectivity index (χ0) is 14.7. The molecule has 0 radical (unpaired) electrons. The molecule has 2 rings (SSSR count). The second-order valence-corrected chi connectivity index (χ2v) is 4.30. The van der Waals surface area contributed by atoms with Crippen LogP contribution in [0.25, 0.3) is 0 Å². The molecule has 2 aromatic carbocycles. The molecule has 0 atom stereocenters. The Kier molecular flexibility index (Phi) is 3.97. The Morgan fingerprint density at radius 1 is 1.15 bits per heavy atom. The summed E-state index contributed by atoms with van der Waals surface area (Å²) in [5.41, 5.74) is 0.229. The zero-order valence-corrected chi connectivity index (χ0v) is 10.7.